The fourth-order valence-electron chi connectivity index (χ4n) is 4.58. The molecule has 4 aliphatic rings. The number of hydrogen-bond donors (Lipinski definition) is 2. The van der Waals surface area contributed by atoms with Crippen LogP contribution in [0.3, 0.4) is 0 Å². The molecule has 0 amide bonds. The van der Waals surface area contributed by atoms with Crippen molar-refractivity contribution in [3.05, 3.63) is 28.8 Å². The molecule has 6 rings (SSSR count). The predicted molar refractivity (Wildman–Crippen MR) is 110 cm³/mol. The third kappa shape index (κ3) is 3.57. The quantitative estimate of drug-likeness (QED) is 0.687. The van der Waals surface area contributed by atoms with Gasteiger partial charge in [-0.2, -0.15) is 0 Å². The molecule has 2 aromatic rings. The summed E-state index contributed by atoms with van der Waals surface area (Å²) >= 11 is 6.09. The summed E-state index contributed by atoms with van der Waals surface area (Å²) in [6.07, 6.45) is 2.66. The smallest absolute Gasteiger partial charge is 0.217 e. The van der Waals surface area contributed by atoms with Gasteiger partial charge < -0.3 is 4.98 Å². The number of aromatic amines is 1. The lowest BCUT2D eigenvalue weighted by Crippen LogP contribution is -2.69. The van der Waals surface area contributed by atoms with Gasteiger partial charge in [-0.15, -0.1) is 0 Å². The van der Waals surface area contributed by atoms with Gasteiger partial charge in [-0.05, 0) is 38.3 Å². The van der Waals surface area contributed by atoms with Crippen molar-refractivity contribution >= 4 is 32.7 Å². The minimum absolute atomic E-state index is 0.317. The van der Waals surface area contributed by atoms with Crippen LogP contribution in [0.5, 0.6) is 0 Å². The maximum absolute atomic E-state index is 13.5. The Morgan fingerprint density at radius 2 is 2.07 bits per heavy atom. The molecule has 2 bridgehead atoms. The number of rotatable bonds is 7. The Morgan fingerprint density at radius 1 is 1.34 bits per heavy atom. The number of piperazine rings is 1. The Morgan fingerprint density at radius 3 is 2.76 bits per heavy atom. The molecule has 1 aromatic heterocycles. The summed E-state index contributed by atoms with van der Waals surface area (Å²) < 4.78 is 40.2. The number of nitrogens with one attached hydrogen (secondary N) is 2. The number of benzene rings is 1. The van der Waals surface area contributed by atoms with Crippen molar-refractivity contribution in [3.8, 4) is 0 Å². The predicted octanol–water partition coefficient (Wildman–Crippen LogP) is 2.09. The number of halogens is 2. The first-order chi connectivity index (χ1) is 13.7. The van der Waals surface area contributed by atoms with E-state index in [1.54, 1.807) is 0 Å². The van der Waals surface area contributed by atoms with Crippen molar-refractivity contribution in [1.82, 2.24) is 24.5 Å². The van der Waals surface area contributed by atoms with Crippen LogP contribution in [0.25, 0.3) is 11.0 Å². The van der Waals surface area contributed by atoms with Gasteiger partial charge in [-0.25, -0.2) is 22.5 Å². The van der Waals surface area contributed by atoms with E-state index in [-0.39, 0.29) is 5.82 Å². The topological polar surface area (TPSA) is 81.3 Å². The number of nitrogens with zero attached hydrogens (tertiary/aromatic N) is 3. The Balaban J connectivity index is 1.15. The van der Waals surface area contributed by atoms with E-state index >= 15 is 0 Å². The highest BCUT2D eigenvalue weighted by atomic mass is 35.5. The number of piperidine rings is 1. The number of hydrogen-bond acceptors (Lipinski definition) is 5. The molecule has 3 saturated heterocycles. The van der Waals surface area contributed by atoms with Gasteiger partial charge in [0.05, 0.1) is 21.8 Å². The first-order valence-electron chi connectivity index (χ1n) is 10.0. The summed E-state index contributed by atoms with van der Waals surface area (Å²) in [7, 11) is -3.20. The van der Waals surface area contributed by atoms with E-state index in [1.807, 2.05) is 6.92 Å². The first-order valence-corrected chi connectivity index (χ1v) is 11.9. The third-order valence-corrected chi connectivity index (χ3v) is 9.19. The van der Waals surface area contributed by atoms with E-state index < -0.39 is 14.8 Å². The normalized spacial score (nSPS) is 26.6. The molecule has 29 heavy (non-hydrogen) atoms. The Bertz CT molecular complexity index is 1040. The minimum atomic E-state index is -3.20. The zero-order valence-corrected chi connectivity index (χ0v) is 17.9. The summed E-state index contributed by atoms with van der Waals surface area (Å²) in [6, 6.07) is 3.58. The summed E-state index contributed by atoms with van der Waals surface area (Å²) in [5.74, 6) is 0.407. The van der Waals surface area contributed by atoms with Gasteiger partial charge >= 0.3 is 0 Å². The zero-order chi connectivity index (χ0) is 20.4. The molecule has 2 atom stereocenters. The van der Waals surface area contributed by atoms with Crippen molar-refractivity contribution in [2.75, 3.05) is 26.2 Å². The van der Waals surface area contributed by atoms with Crippen LogP contribution >= 0.6 is 11.6 Å². The molecule has 4 heterocycles. The SMILES string of the molecule is CC1(S(=O)(=O)NCCN2C3CC2CN(Cc2nc4c(Cl)cc(F)cc4[nH]2)C3)CC1. The molecule has 7 nitrogen and oxygen atoms in total. The first kappa shape index (κ1) is 19.7. The van der Waals surface area contributed by atoms with Gasteiger partial charge in [0, 0.05) is 38.3 Å². The zero-order valence-electron chi connectivity index (χ0n) is 16.3. The van der Waals surface area contributed by atoms with E-state index in [2.05, 4.69) is 24.5 Å². The van der Waals surface area contributed by atoms with Gasteiger partial charge in [0.1, 0.15) is 17.2 Å². The van der Waals surface area contributed by atoms with Crippen LogP contribution in [0.1, 0.15) is 32.0 Å². The van der Waals surface area contributed by atoms with E-state index in [4.69, 9.17) is 11.6 Å². The molecule has 1 saturated carbocycles. The fourth-order valence-corrected chi connectivity index (χ4v) is 6.17. The molecule has 1 aromatic carbocycles. The number of sulfonamides is 1. The average Bonchev–Trinajstić information content (AvgIpc) is 3.29. The molecule has 0 radical (unpaired) electrons. The Hall–Kier alpha value is -1.26. The average molecular weight is 442 g/mol. The van der Waals surface area contributed by atoms with Gasteiger partial charge in [-0.1, -0.05) is 11.6 Å². The van der Waals surface area contributed by atoms with Crippen LogP contribution in [-0.2, 0) is 16.6 Å². The molecule has 4 fully saturated rings. The summed E-state index contributed by atoms with van der Waals surface area (Å²) in [5, 5.41) is 0.317. The van der Waals surface area contributed by atoms with Crippen LogP contribution in [0.2, 0.25) is 5.02 Å². The number of fused-ring (bicyclic) bond motifs is 3. The van der Waals surface area contributed by atoms with E-state index in [9.17, 15) is 12.8 Å². The lowest BCUT2D eigenvalue weighted by molar-refractivity contribution is -0.0703. The number of imidazole rings is 1. The van der Waals surface area contributed by atoms with Crippen LogP contribution in [0.4, 0.5) is 4.39 Å². The van der Waals surface area contributed by atoms with Crippen LogP contribution < -0.4 is 4.72 Å². The van der Waals surface area contributed by atoms with Crippen LogP contribution in [0.15, 0.2) is 12.1 Å². The third-order valence-electron chi connectivity index (χ3n) is 6.61. The van der Waals surface area contributed by atoms with Crippen molar-refractivity contribution in [1.29, 1.82) is 0 Å². The van der Waals surface area contributed by atoms with Crippen molar-refractivity contribution in [2.45, 2.75) is 49.6 Å². The van der Waals surface area contributed by atoms with E-state index in [1.165, 1.54) is 12.1 Å². The van der Waals surface area contributed by atoms with Gasteiger partial charge in [0.25, 0.3) is 0 Å². The van der Waals surface area contributed by atoms with Gasteiger partial charge in [0.2, 0.25) is 10.0 Å². The standard InChI is InChI=1S/C19H25ClFN5O2S/c1-19(2-3-19)29(27,28)22-4-5-26-13-8-14(26)10-25(9-13)11-17-23-16-7-12(21)6-15(20)18(16)24-17/h6-7,13-14,22H,2-5,8-11H2,1H3,(H,23,24). The fraction of sp³-hybridized carbons (Fsp3) is 0.632. The Labute approximate surface area is 174 Å². The van der Waals surface area contributed by atoms with Gasteiger partial charge in [-0.3, -0.25) is 9.80 Å². The summed E-state index contributed by atoms with van der Waals surface area (Å²) in [6.45, 7) is 5.53. The lowest BCUT2D eigenvalue weighted by atomic mass is 9.87. The molecule has 2 N–H and O–H groups in total. The van der Waals surface area contributed by atoms with Gasteiger partial charge in [0.15, 0.2) is 0 Å². The van der Waals surface area contributed by atoms with Crippen LogP contribution in [0, 0.1) is 5.82 Å². The van der Waals surface area contributed by atoms with Crippen molar-refractivity contribution in [3.63, 3.8) is 0 Å². The molecule has 158 valence electrons. The summed E-state index contributed by atoms with van der Waals surface area (Å²) in [5.41, 5.74) is 1.22. The second kappa shape index (κ2) is 6.88. The minimum Gasteiger partial charge on any atom is -0.341 e. The molecule has 10 heteroatoms. The van der Waals surface area contributed by atoms with E-state index in [0.717, 1.165) is 44.7 Å². The molecule has 3 aliphatic heterocycles. The van der Waals surface area contributed by atoms with Crippen molar-refractivity contribution in [2.24, 2.45) is 0 Å². The lowest BCUT2D eigenvalue weighted by Gasteiger charge is -2.56. The largest absolute Gasteiger partial charge is 0.341 e. The van der Waals surface area contributed by atoms with E-state index in [0.29, 0.717) is 41.2 Å². The number of aromatic nitrogens is 2. The molecular weight excluding hydrogens is 417 g/mol. The Kier molecular flexibility index (Phi) is 4.67. The molecule has 1 aliphatic carbocycles. The molecule has 0 spiro atoms. The van der Waals surface area contributed by atoms with Crippen molar-refractivity contribution < 1.29 is 12.8 Å². The highest BCUT2D eigenvalue weighted by Gasteiger charge is 2.50. The maximum atomic E-state index is 13.5. The van der Waals surface area contributed by atoms with Crippen LogP contribution in [-0.4, -0.2) is 71.2 Å². The highest BCUT2D eigenvalue weighted by Crippen LogP contribution is 2.42. The second-order valence-electron chi connectivity index (χ2n) is 8.79. The molecule has 2 unspecified atom stereocenters. The summed E-state index contributed by atoms with van der Waals surface area (Å²) in [4.78, 5) is 12.4. The maximum Gasteiger partial charge on any atom is 0.217 e. The number of H-pyrrole nitrogens is 1. The second-order valence-corrected chi connectivity index (χ2v) is 11.5. The monoisotopic (exact) mass is 441 g/mol. The molecular formula is C19H25ClFN5O2S. The highest BCUT2D eigenvalue weighted by molar-refractivity contribution is 7.91.